The molecule has 0 aromatic carbocycles. The lowest BCUT2D eigenvalue weighted by molar-refractivity contribution is 0.0948. The molecule has 1 aliphatic carbocycles. The van der Waals surface area contributed by atoms with Gasteiger partial charge >= 0.3 is 0 Å². The summed E-state index contributed by atoms with van der Waals surface area (Å²) in [6, 6.07) is 0. The zero-order chi connectivity index (χ0) is 11.4. The highest BCUT2D eigenvalue weighted by Gasteiger charge is 2.17. The van der Waals surface area contributed by atoms with Crippen molar-refractivity contribution in [1.82, 2.24) is 15.5 Å². The van der Waals surface area contributed by atoms with Crippen molar-refractivity contribution in [2.45, 2.75) is 25.7 Å². The second kappa shape index (κ2) is 5.25. The zero-order valence-corrected chi connectivity index (χ0v) is 10.1. The third-order valence-corrected chi connectivity index (χ3v) is 3.84. The van der Waals surface area contributed by atoms with E-state index in [1.807, 2.05) is 0 Å². The smallest absolute Gasteiger partial charge is 0.282 e. The number of amides is 1. The summed E-state index contributed by atoms with van der Waals surface area (Å²) in [6.45, 7) is 0.748. The monoisotopic (exact) mass is 240 g/mol. The summed E-state index contributed by atoms with van der Waals surface area (Å²) >= 11 is 1.27. The summed E-state index contributed by atoms with van der Waals surface area (Å²) in [6.07, 6.45) is 5.07. The number of hydrogen-bond acceptors (Lipinski definition) is 5. The van der Waals surface area contributed by atoms with Crippen molar-refractivity contribution in [3.05, 3.63) is 5.01 Å². The van der Waals surface area contributed by atoms with Crippen LogP contribution in [0.1, 0.15) is 35.5 Å². The van der Waals surface area contributed by atoms with Gasteiger partial charge in [-0.25, -0.2) is 0 Å². The van der Waals surface area contributed by atoms with E-state index in [9.17, 15) is 4.79 Å². The van der Waals surface area contributed by atoms with Gasteiger partial charge in [-0.2, -0.15) is 0 Å². The summed E-state index contributed by atoms with van der Waals surface area (Å²) in [4.78, 5) is 11.6. The quantitative estimate of drug-likeness (QED) is 0.818. The third-order valence-electron chi connectivity index (χ3n) is 2.90. The van der Waals surface area contributed by atoms with Gasteiger partial charge in [0.1, 0.15) is 0 Å². The van der Waals surface area contributed by atoms with E-state index in [1.54, 1.807) is 7.05 Å². The molecule has 1 heterocycles. The summed E-state index contributed by atoms with van der Waals surface area (Å²) in [7, 11) is 1.76. The van der Waals surface area contributed by atoms with Crippen LogP contribution >= 0.6 is 11.3 Å². The Morgan fingerprint density at radius 2 is 2.31 bits per heavy atom. The highest BCUT2D eigenvalue weighted by atomic mass is 32.1. The summed E-state index contributed by atoms with van der Waals surface area (Å²) in [5.74, 6) is 0.709. The first-order chi connectivity index (χ1) is 7.79. The largest absolute Gasteiger partial charge is 0.363 e. The van der Waals surface area contributed by atoms with E-state index < -0.39 is 0 Å². The lowest BCUT2D eigenvalue weighted by Gasteiger charge is -2.24. The van der Waals surface area contributed by atoms with E-state index in [0.29, 0.717) is 10.1 Å². The van der Waals surface area contributed by atoms with Crippen LogP contribution in [0.3, 0.4) is 0 Å². The highest BCUT2D eigenvalue weighted by Crippen LogP contribution is 2.28. The molecule has 0 atom stereocenters. The average molecular weight is 240 g/mol. The van der Waals surface area contributed by atoms with Crippen molar-refractivity contribution in [2.24, 2.45) is 5.92 Å². The Hall–Kier alpha value is -1.17. The van der Waals surface area contributed by atoms with Gasteiger partial charge in [-0.15, -0.1) is 10.2 Å². The second-order valence-electron chi connectivity index (χ2n) is 4.00. The average Bonchev–Trinajstić information content (AvgIpc) is 2.69. The van der Waals surface area contributed by atoms with Gasteiger partial charge in [-0.05, 0) is 12.3 Å². The lowest BCUT2D eigenvalue weighted by Crippen LogP contribution is -2.27. The van der Waals surface area contributed by atoms with Crippen LogP contribution in [0.25, 0.3) is 0 Å². The van der Waals surface area contributed by atoms with E-state index in [2.05, 4.69) is 20.8 Å². The number of nitrogens with one attached hydrogen (secondary N) is 2. The highest BCUT2D eigenvalue weighted by molar-refractivity contribution is 7.17. The number of carbonyl (C=O) groups excluding carboxylic acids is 1. The van der Waals surface area contributed by atoms with Crippen molar-refractivity contribution >= 4 is 22.4 Å². The molecular formula is C10H16N4OS. The SMILES string of the molecule is CNc1nnc(C(=O)NCCC2CCC2)s1. The standard InChI is InChI=1S/C10H16N4OS/c1-11-10-14-13-9(16-10)8(15)12-6-5-7-3-2-4-7/h7H,2-6H2,1H3,(H,11,14)(H,12,15). The van der Waals surface area contributed by atoms with Gasteiger partial charge in [-0.1, -0.05) is 30.6 Å². The Morgan fingerprint density at radius 1 is 1.50 bits per heavy atom. The molecule has 88 valence electrons. The molecule has 0 aliphatic heterocycles. The molecule has 1 aliphatic rings. The van der Waals surface area contributed by atoms with Gasteiger partial charge in [0.05, 0.1) is 0 Å². The van der Waals surface area contributed by atoms with Crippen LogP contribution in [-0.4, -0.2) is 29.7 Å². The molecule has 0 unspecified atom stereocenters. The number of hydrogen-bond donors (Lipinski definition) is 2. The molecule has 1 aromatic heterocycles. The fourth-order valence-corrected chi connectivity index (χ4v) is 2.28. The molecule has 5 nitrogen and oxygen atoms in total. The molecular weight excluding hydrogens is 224 g/mol. The molecule has 0 spiro atoms. The number of anilines is 1. The van der Waals surface area contributed by atoms with Crippen molar-refractivity contribution < 1.29 is 4.79 Å². The van der Waals surface area contributed by atoms with Gasteiger partial charge in [0.2, 0.25) is 10.1 Å². The van der Waals surface area contributed by atoms with E-state index in [0.717, 1.165) is 18.9 Å². The molecule has 0 radical (unpaired) electrons. The normalized spacial score (nSPS) is 15.6. The Balaban J connectivity index is 1.73. The van der Waals surface area contributed by atoms with Crippen LogP contribution in [-0.2, 0) is 0 Å². The molecule has 6 heteroatoms. The fourth-order valence-electron chi connectivity index (χ4n) is 1.66. The van der Waals surface area contributed by atoms with Crippen LogP contribution in [0.4, 0.5) is 5.13 Å². The van der Waals surface area contributed by atoms with E-state index >= 15 is 0 Å². The third kappa shape index (κ3) is 2.69. The van der Waals surface area contributed by atoms with Crippen molar-refractivity contribution in [2.75, 3.05) is 18.9 Å². The molecule has 0 bridgehead atoms. The van der Waals surface area contributed by atoms with Gasteiger partial charge in [0, 0.05) is 13.6 Å². The maximum Gasteiger partial charge on any atom is 0.282 e. The van der Waals surface area contributed by atoms with Crippen LogP contribution in [0.5, 0.6) is 0 Å². The van der Waals surface area contributed by atoms with Gasteiger partial charge < -0.3 is 10.6 Å². The molecule has 2 rings (SSSR count). The minimum absolute atomic E-state index is 0.113. The zero-order valence-electron chi connectivity index (χ0n) is 9.32. The van der Waals surface area contributed by atoms with E-state index in [1.165, 1.54) is 30.6 Å². The fraction of sp³-hybridized carbons (Fsp3) is 0.700. The van der Waals surface area contributed by atoms with E-state index in [-0.39, 0.29) is 5.91 Å². The summed E-state index contributed by atoms with van der Waals surface area (Å²) in [5.41, 5.74) is 0. The minimum Gasteiger partial charge on any atom is -0.363 e. The van der Waals surface area contributed by atoms with Crippen LogP contribution in [0.15, 0.2) is 0 Å². The minimum atomic E-state index is -0.113. The summed E-state index contributed by atoms with van der Waals surface area (Å²) < 4.78 is 0. The Kier molecular flexibility index (Phi) is 3.71. The first-order valence-electron chi connectivity index (χ1n) is 5.59. The molecule has 1 aromatic rings. The maximum absolute atomic E-state index is 11.6. The van der Waals surface area contributed by atoms with E-state index in [4.69, 9.17) is 0 Å². The van der Waals surface area contributed by atoms with Crippen molar-refractivity contribution in [3.8, 4) is 0 Å². The second-order valence-corrected chi connectivity index (χ2v) is 4.98. The van der Waals surface area contributed by atoms with Gasteiger partial charge in [-0.3, -0.25) is 4.79 Å². The molecule has 2 N–H and O–H groups in total. The van der Waals surface area contributed by atoms with Crippen molar-refractivity contribution in [1.29, 1.82) is 0 Å². The maximum atomic E-state index is 11.6. The number of nitrogens with zero attached hydrogens (tertiary/aromatic N) is 2. The number of aromatic nitrogens is 2. The molecule has 1 saturated carbocycles. The van der Waals surface area contributed by atoms with Gasteiger partial charge in [0.25, 0.3) is 5.91 Å². The number of carbonyl (C=O) groups is 1. The Bertz CT molecular complexity index is 361. The molecule has 16 heavy (non-hydrogen) atoms. The van der Waals surface area contributed by atoms with Gasteiger partial charge in [0.15, 0.2) is 0 Å². The van der Waals surface area contributed by atoms with Crippen molar-refractivity contribution in [3.63, 3.8) is 0 Å². The van der Waals surface area contributed by atoms with Crippen LogP contribution < -0.4 is 10.6 Å². The first-order valence-corrected chi connectivity index (χ1v) is 6.40. The molecule has 1 fully saturated rings. The topological polar surface area (TPSA) is 66.9 Å². The van der Waals surface area contributed by atoms with Crippen LogP contribution in [0.2, 0.25) is 0 Å². The summed E-state index contributed by atoms with van der Waals surface area (Å²) in [5, 5.41) is 14.5. The Labute approximate surface area is 98.7 Å². The lowest BCUT2D eigenvalue weighted by atomic mass is 9.83. The Morgan fingerprint density at radius 3 is 2.88 bits per heavy atom. The molecule has 1 amide bonds. The predicted octanol–water partition coefficient (Wildman–Crippen LogP) is 1.50. The number of rotatable bonds is 5. The molecule has 0 saturated heterocycles. The predicted molar refractivity (Wildman–Crippen MR) is 63.7 cm³/mol. The van der Waals surface area contributed by atoms with Crippen LogP contribution in [0, 0.1) is 5.92 Å². The first kappa shape index (κ1) is 11.3.